The Kier molecular flexibility index (Phi) is 4.16. The first-order chi connectivity index (χ1) is 15.5. The van der Waals surface area contributed by atoms with Crippen LogP contribution < -0.4 is 10.5 Å². The van der Waals surface area contributed by atoms with Gasteiger partial charge in [0, 0.05) is 11.1 Å². The van der Waals surface area contributed by atoms with Crippen LogP contribution in [0.3, 0.4) is 0 Å². The van der Waals surface area contributed by atoms with Crippen molar-refractivity contribution >= 4 is 5.97 Å². The maximum atomic E-state index is 11.9. The van der Waals surface area contributed by atoms with Gasteiger partial charge in [0.1, 0.15) is 11.6 Å². The number of hydrogen-bond donors (Lipinski definition) is 2. The molecule has 1 unspecified atom stereocenters. The third-order valence-electron chi connectivity index (χ3n) is 8.17. The summed E-state index contributed by atoms with van der Waals surface area (Å²) >= 11 is 0. The van der Waals surface area contributed by atoms with Crippen LogP contribution in [0.15, 0.2) is 35.7 Å². The molecule has 4 aliphatic carbocycles. The lowest BCUT2D eigenvalue weighted by Crippen LogP contribution is -2.49. The molecule has 3 N–H and O–H groups in total. The number of nitrogens with two attached hydrogens (primary N) is 1. The normalized spacial score (nSPS) is 32.2. The quantitative estimate of drug-likeness (QED) is 0.714. The number of carbonyl (C=O) groups excluding carboxylic acids is 1. The van der Waals surface area contributed by atoms with E-state index in [-0.39, 0.29) is 17.2 Å². The molecule has 164 valence electrons. The average Bonchev–Trinajstić information content (AvgIpc) is 3.21. The molecule has 4 fully saturated rings. The number of methoxy groups -OCH3 is 1. The fourth-order valence-electron chi connectivity index (χ4n) is 7.33. The number of aromatic nitrogens is 2. The van der Waals surface area contributed by atoms with Crippen LogP contribution in [-0.4, -0.2) is 23.3 Å². The van der Waals surface area contributed by atoms with Gasteiger partial charge in [-0.15, -0.1) is 5.10 Å². The van der Waals surface area contributed by atoms with Gasteiger partial charge in [-0.1, -0.05) is 12.1 Å². The van der Waals surface area contributed by atoms with Gasteiger partial charge in [-0.25, -0.2) is 4.79 Å². The van der Waals surface area contributed by atoms with Crippen LogP contribution >= 0.6 is 0 Å². The Balaban J connectivity index is 1.48. The number of nitrogens with one attached hydrogen (secondary N) is 1. The molecule has 2 heterocycles. The molecule has 7 nitrogen and oxygen atoms in total. The molecule has 1 aliphatic heterocycles. The number of ether oxygens (including phenoxy) is 2. The summed E-state index contributed by atoms with van der Waals surface area (Å²) < 4.78 is 10.7. The number of allylic oxidation sites excluding steroid dienone is 1. The van der Waals surface area contributed by atoms with Crippen molar-refractivity contribution in [2.24, 2.45) is 23.5 Å². The van der Waals surface area contributed by atoms with Crippen molar-refractivity contribution in [3.8, 4) is 11.9 Å². The van der Waals surface area contributed by atoms with Crippen molar-refractivity contribution in [1.29, 1.82) is 5.26 Å². The van der Waals surface area contributed by atoms with Crippen molar-refractivity contribution in [2.75, 3.05) is 7.11 Å². The molecule has 1 atom stereocenters. The molecule has 4 saturated carbocycles. The van der Waals surface area contributed by atoms with E-state index in [0.717, 1.165) is 34.6 Å². The number of fused-ring (bicyclic) bond motifs is 1. The number of aromatic amines is 1. The number of benzene rings is 1. The number of hydrogen-bond acceptors (Lipinski definition) is 6. The van der Waals surface area contributed by atoms with Crippen LogP contribution in [0.4, 0.5) is 0 Å². The van der Waals surface area contributed by atoms with E-state index < -0.39 is 5.97 Å². The lowest BCUT2D eigenvalue weighted by Gasteiger charge is -2.56. The van der Waals surface area contributed by atoms with Crippen LogP contribution in [0, 0.1) is 29.1 Å². The van der Waals surface area contributed by atoms with E-state index >= 15 is 0 Å². The SMILES string of the molecule is COC(=O)c1ccc(C2C(C#N)=C(N)Oc3n[nH]c(C45CC6CC(CC(C6)C4)C5)c32)cc1. The summed E-state index contributed by atoms with van der Waals surface area (Å²) in [5, 5.41) is 17.8. The zero-order valence-electron chi connectivity index (χ0n) is 18.1. The van der Waals surface area contributed by atoms with Crippen molar-refractivity contribution in [1.82, 2.24) is 10.2 Å². The minimum absolute atomic E-state index is 0.0650. The standard InChI is InChI=1S/C25H26N4O3/c1-31-24(30)17-4-2-16(3-5-17)19-18(12-26)22(27)32-23-20(19)21(28-29-23)25-9-13-6-14(10-25)8-15(7-13)11-25/h2-5,13-15,19H,6-11,27H2,1H3,(H,28,29). The van der Waals surface area contributed by atoms with Crippen molar-refractivity contribution < 1.29 is 14.3 Å². The Morgan fingerprint density at radius 1 is 1.19 bits per heavy atom. The second-order valence-electron chi connectivity index (χ2n) is 10.1. The molecule has 0 amide bonds. The maximum Gasteiger partial charge on any atom is 0.337 e. The number of esters is 1. The Morgan fingerprint density at radius 3 is 2.38 bits per heavy atom. The van der Waals surface area contributed by atoms with Crippen molar-refractivity contribution in [3.63, 3.8) is 0 Å². The fraction of sp³-hybridized carbons (Fsp3) is 0.480. The molecule has 0 spiro atoms. The Labute approximate surface area is 186 Å². The molecular formula is C25H26N4O3. The predicted octanol–water partition coefficient (Wildman–Crippen LogP) is 3.88. The summed E-state index contributed by atoms with van der Waals surface area (Å²) in [6.45, 7) is 0. The fourth-order valence-corrected chi connectivity index (χ4v) is 7.33. The van der Waals surface area contributed by atoms with E-state index in [4.69, 9.17) is 15.2 Å². The number of carbonyl (C=O) groups is 1. The van der Waals surface area contributed by atoms with E-state index in [0.29, 0.717) is 17.0 Å². The molecule has 0 saturated heterocycles. The molecule has 7 rings (SSSR count). The van der Waals surface area contributed by atoms with E-state index in [9.17, 15) is 10.1 Å². The highest BCUT2D eigenvalue weighted by Gasteiger charge is 2.54. The highest BCUT2D eigenvalue weighted by Crippen LogP contribution is 2.62. The second-order valence-corrected chi connectivity index (χ2v) is 10.1. The minimum Gasteiger partial charge on any atom is -0.465 e. The highest BCUT2D eigenvalue weighted by atomic mass is 16.5. The molecular weight excluding hydrogens is 404 g/mol. The first-order valence-corrected chi connectivity index (χ1v) is 11.4. The van der Waals surface area contributed by atoms with Crippen LogP contribution in [0.25, 0.3) is 0 Å². The molecule has 2 aromatic rings. The van der Waals surface area contributed by atoms with Gasteiger partial charge in [0.2, 0.25) is 11.8 Å². The molecule has 32 heavy (non-hydrogen) atoms. The summed E-state index contributed by atoms with van der Waals surface area (Å²) in [7, 11) is 1.36. The smallest absolute Gasteiger partial charge is 0.337 e. The summed E-state index contributed by atoms with van der Waals surface area (Å²) in [6, 6.07) is 9.47. The lowest BCUT2D eigenvalue weighted by atomic mass is 9.48. The van der Waals surface area contributed by atoms with Gasteiger partial charge < -0.3 is 15.2 Å². The third kappa shape index (κ3) is 2.72. The van der Waals surface area contributed by atoms with Gasteiger partial charge in [-0.2, -0.15) is 5.26 Å². The Bertz CT molecular complexity index is 1140. The molecule has 5 aliphatic rings. The largest absolute Gasteiger partial charge is 0.465 e. The van der Waals surface area contributed by atoms with E-state index in [1.807, 2.05) is 12.1 Å². The average molecular weight is 431 g/mol. The van der Waals surface area contributed by atoms with Crippen LogP contribution in [0.5, 0.6) is 5.88 Å². The monoisotopic (exact) mass is 430 g/mol. The third-order valence-corrected chi connectivity index (χ3v) is 8.17. The van der Waals surface area contributed by atoms with Crippen LogP contribution in [-0.2, 0) is 10.2 Å². The predicted molar refractivity (Wildman–Crippen MR) is 116 cm³/mol. The van der Waals surface area contributed by atoms with Gasteiger partial charge in [-0.05, 0) is 74.0 Å². The lowest BCUT2D eigenvalue weighted by molar-refractivity contribution is -0.00768. The Morgan fingerprint density at radius 2 is 1.81 bits per heavy atom. The van der Waals surface area contributed by atoms with E-state index in [1.54, 1.807) is 12.1 Å². The van der Waals surface area contributed by atoms with Crippen molar-refractivity contribution in [3.05, 3.63) is 58.1 Å². The number of nitrogens with zero attached hydrogens (tertiary/aromatic N) is 2. The zero-order chi connectivity index (χ0) is 22.0. The maximum absolute atomic E-state index is 11.9. The first kappa shape index (κ1) is 19.4. The molecule has 1 aromatic carbocycles. The molecule has 7 heteroatoms. The number of H-pyrrole nitrogens is 1. The minimum atomic E-state index is -0.391. The summed E-state index contributed by atoms with van der Waals surface area (Å²) in [5.74, 6) is 2.12. The van der Waals surface area contributed by atoms with Crippen molar-refractivity contribution in [2.45, 2.75) is 49.9 Å². The van der Waals surface area contributed by atoms with Crippen LogP contribution in [0.1, 0.15) is 71.6 Å². The van der Waals surface area contributed by atoms with Gasteiger partial charge in [0.05, 0.1) is 24.2 Å². The summed E-state index contributed by atoms with van der Waals surface area (Å²) in [5.41, 5.74) is 10.0. The summed E-state index contributed by atoms with van der Waals surface area (Å²) in [4.78, 5) is 11.9. The first-order valence-electron chi connectivity index (χ1n) is 11.4. The molecule has 4 bridgehead atoms. The highest BCUT2D eigenvalue weighted by molar-refractivity contribution is 5.89. The van der Waals surface area contributed by atoms with Gasteiger partial charge in [-0.3, -0.25) is 5.10 Å². The zero-order valence-corrected chi connectivity index (χ0v) is 18.1. The second kappa shape index (κ2) is 6.86. The van der Waals surface area contributed by atoms with Crippen LogP contribution in [0.2, 0.25) is 0 Å². The topological polar surface area (TPSA) is 114 Å². The Hall–Kier alpha value is -3.27. The number of rotatable bonds is 3. The van der Waals surface area contributed by atoms with E-state index in [2.05, 4.69) is 16.3 Å². The van der Waals surface area contributed by atoms with Gasteiger partial charge >= 0.3 is 5.97 Å². The number of nitriles is 1. The molecule has 0 radical (unpaired) electrons. The van der Waals surface area contributed by atoms with E-state index in [1.165, 1.54) is 45.6 Å². The van der Waals surface area contributed by atoms with Gasteiger partial charge in [0.25, 0.3) is 0 Å². The summed E-state index contributed by atoms with van der Waals surface area (Å²) in [6.07, 6.45) is 7.55. The molecule has 1 aromatic heterocycles. The van der Waals surface area contributed by atoms with Gasteiger partial charge in [0.15, 0.2) is 0 Å².